The maximum absolute atomic E-state index is 12.9. The number of aryl methyl sites for hydroxylation is 1. The average molecular weight is 1830 g/mol. The summed E-state index contributed by atoms with van der Waals surface area (Å²) < 4.78 is 324. The first-order chi connectivity index (χ1) is 53.1. The van der Waals surface area contributed by atoms with Crippen molar-refractivity contribution in [2.45, 2.75) is 64.7 Å². The zero-order chi connectivity index (χ0) is 88.0. The van der Waals surface area contributed by atoms with Crippen molar-refractivity contribution in [1.29, 1.82) is 0 Å². The number of ether oxygens (including phenoxy) is 3. The molecule has 118 heavy (non-hydrogen) atoms. The van der Waals surface area contributed by atoms with Gasteiger partial charge in [-0.3, -0.25) is 4.79 Å². The molecule has 0 atom stereocenters. The van der Waals surface area contributed by atoms with Gasteiger partial charge in [-0.2, -0.15) is 4.57 Å². The van der Waals surface area contributed by atoms with E-state index in [4.69, 9.17) is 14.2 Å². The number of pyridine rings is 5. The molecule has 16 bridgehead atoms. The summed E-state index contributed by atoms with van der Waals surface area (Å²) >= 11 is 0. The monoisotopic (exact) mass is 1820 g/mol. The number of nitrogens with one attached hydrogen (secondary N) is 1. The van der Waals surface area contributed by atoms with Gasteiger partial charge in [-0.15, -0.1) is 0 Å². The summed E-state index contributed by atoms with van der Waals surface area (Å²) in [5.74, 6) is 2.28. The Balaban J connectivity index is 0.000000210. The average Bonchev–Trinajstić information content (AvgIpc) is 0.740. The zero-order valence-corrected chi connectivity index (χ0v) is 65.7. The maximum atomic E-state index is 12.9. The zero-order valence-electron chi connectivity index (χ0n) is 61.3. The fourth-order valence-electron chi connectivity index (χ4n) is 14.0. The maximum Gasteiger partial charge on any atom is 0.173 e. The molecule has 10 nitrogen and oxygen atoms in total. The van der Waals surface area contributed by atoms with Crippen molar-refractivity contribution in [2.75, 3.05) is 44.9 Å². The van der Waals surface area contributed by atoms with Gasteiger partial charge in [-0.1, -0.05) is 84.9 Å². The second-order valence-corrected chi connectivity index (χ2v) is 38.1. The normalized spacial score (nSPS) is 19.9. The van der Waals surface area contributed by atoms with Crippen molar-refractivity contribution < 1.29 is 168 Å². The molecular weight excluding hydrogens is 1750 g/mol. The Bertz CT molecular complexity index is 4570. The molecule has 0 amide bonds. The Morgan fingerprint density at radius 3 is 0.873 bits per heavy atom. The minimum absolute atomic E-state index is 0.0325. The second kappa shape index (κ2) is 31.3. The van der Waals surface area contributed by atoms with Gasteiger partial charge in [0.15, 0.2) is 75.8 Å². The molecule has 0 saturated heterocycles. The van der Waals surface area contributed by atoms with Gasteiger partial charge in [0.05, 0.1) is 42.6 Å². The third kappa shape index (κ3) is 40.6. The number of benzene rings is 5. The van der Waals surface area contributed by atoms with Crippen LogP contribution in [0.25, 0.3) is 55.2 Å². The minimum atomic E-state index is -10.7. The molecule has 1 N–H and O–H groups in total. The molecule has 16 aliphatic heterocycles. The fourth-order valence-corrected chi connectivity index (χ4v) is 14.0. The van der Waals surface area contributed by atoms with E-state index in [1.54, 1.807) is 0 Å². The summed E-state index contributed by atoms with van der Waals surface area (Å²) in [5, 5.41) is 5.96. The van der Waals surface area contributed by atoms with E-state index in [0.717, 1.165) is 75.4 Å². The number of carbonyl (C=O) groups excluding carboxylic acids is 1. The predicted molar refractivity (Wildman–Crippen MR) is 391 cm³/mol. The van der Waals surface area contributed by atoms with Gasteiger partial charge >= 0.3 is 171 Å². The van der Waals surface area contributed by atoms with Crippen molar-refractivity contribution >= 4 is 72.5 Å². The van der Waals surface area contributed by atoms with E-state index in [2.05, 4.69) is 255 Å². The Kier molecular flexibility index (Phi) is 25.2. The molecule has 10 aromatic rings. The van der Waals surface area contributed by atoms with Crippen LogP contribution < -0.4 is 28.2 Å². The minimum Gasteiger partial charge on any atom is -0.201 e. The molecular formula is C73H75F30N6O4P5. The number of anilines is 1. The van der Waals surface area contributed by atoms with Crippen LogP contribution in [-0.4, -0.2) is 45.5 Å². The molecule has 4 aliphatic carbocycles. The van der Waals surface area contributed by atoms with E-state index in [-0.39, 0.29) is 11.4 Å². The van der Waals surface area contributed by atoms with E-state index in [0.29, 0.717) is 33.0 Å². The van der Waals surface area contributed by atoms with Crippen LogP contribution in [0.5, 0.6) is 0 Å². The van der Waals surface area contributed by atoms with Crippen molar-refractivity contribution in [1.82, 2.24) is 0 Å². The quantitative estimate of drug-likeness (QED) is 0.0329. The van der Waals surface area contributed by atoms with Crippen LogP contribution in [0.15, 0.2) is 219 Å². The number of esters is 1. The van der Waals surface area contributed by atoms with E-state index in [1.165, 1.54) is 96.7 Å². The first-order valence-corrected chi connectivity index (χ1v) is 45.1. The molecule has 0 spiro atoms. The van der Waals surface area contributed by atoms with Gasteiger partial charge in [0, 0.05) is 101 Å². The van der Waals surface area contributed by atoms with Crippen LogP contribution in [0.1, 0.15) is 60.8 Å². The number of para-hydroxylation sites is 2. The molecule has 0 unspecified atom stereocenters. The number of carbonyl (C=O) groups is 1. The molecule has 5 aromatic carbocycles. The fraction of sp³-hybridized carbons (Fsp3) is 0.288. The smallest absolute Gasteiger partial charge is 0.173 e. The number of aromatic nitrogens is 5. The van der Waals surface area contributed by atoms with Crippen molar-refractivity contribution in [3.63, 3.8) is 0 Å². The third-order valence-corrected chi connectivity index (χ3v) is 17.9. The molecule has 4 saturated carbocycles. The van der Waals surface area contributed by atoms with E-state index in [9.17, 15) is 131 Å². The first-order valence-electron chi connectivity index (χ1n) is 35.0. The predicted octanol–water partition coefficient (Wildman–Crippen LogP) is 28.3. The van der Waals surface area contributed by atoms with E-state index in [1.807, 2.05) is 0 Å². The van der Waals surface area contributed by atoms with Crippen molar-refractivity contribution in [2.24, 2.45) is 30.2 Å². The molecule has 5 aromatic heterocycles. The SMILES string of the molecule is C[n+]1c2ccccc2c(-c2ccc(NCCOCCOCCOC(=O)C34CC5CC(CC(C5)C3)C4)cc2)c2ccccc21.F[P-](F)(F)(F)(F)F.F[P-](F)(F)(F)(F)F.F[P-](F)(F)(F)(F)F.F[P-](F)(F)(F)(F)F.F[P-](F)(F)(F)(F)F.c1cc2ccc1C[n+]1ccc(cc1)-c1cc[n+](cc1)Cc1ccc(cc1)C[n+]1ccc(cc1)-c1cc[n+](cc1)C2. The molecule has 45 heteroatoms. The third-order valence-electron chi connectivity index (χ3n) is 17.9. The summed E-state index contributed by atoms with van der Waals surface area (Å²) in [7, 11) is -51.2. The Hall–Kier alpha value is -8.39. The Labute approximate surface area is 652 Å². The van der Waals surface area contributed by atoms with Crippen LogP contribution in [0.3, 0.4) is 0 Å². The van der Waals surface area contributed by atoms with Crippen LogP contribution in [0.2, 0.25) is 0 Å². The van der Waals surface area contributed by atoms with Crippen molar-refractivity contribution in [3.8, 4) is 33.4 Å². The van der Waals surface area contributed by atoms with Gasteiger partial charge in [0.25, 0.3) is 0 Å². The number of hydrogen-bond donors (Lipinski definition) is 1. The summed E-state index contributed by atoms with van der Waals surface area (Å²) in [6, 6.07) is 61.4. The molecule has 30 rings (SSSR count). The topological polar surface area (TPSA) is 76.2 Å². The molecule has 0 radical (unpaired) electrons. The number of rotatable bonds is 12. The van der Waals surface area contributed by atoms with E-state index < -0.39 is 39.0 Å². The number of halogens is 30. The summed E-state index contributed by atoms with van der Waals surface area (Å²) in [5.41, 5.74) is 15.9. The van der Waals surface area contributed by atoms with Crippen molar-refractivity contribution in [3.05, 3.63) is 242 Å². The van der Waals surface area contributed by atoms with Crippen LogP contribution in [0, 0.1) is 23.2 Å². The summed E-state index contributed by atoms with van der Waals surface area (Å²) in [4.78, 5) is 12.9. The first kappa shape index (κ1) is 95.1. The Morgan fingerprint density at radius 2 is 0.593 bits per heavy atom. The van der Waals surface area contributed by atoms with Gasteiger partial charge in [0.1, 0.15) is 13.7 Å². The van der Waals surface area contributed by atoms with Gasteiger partial charge in [-0.05, 0) is 108 Å². The van der Waals surface area contributed by atoms with Crippen LogP contribution in [-0.2, 0) is 52.2 Å². The summed E-state index contributed by atoms with van der Waals surface area (Å²) in [6.45, 7) is 6.52. The number of hydrogen-bond acceptors (Lipinski definition) is 5. The van der Waals surface area contributed by atoms with Crippen LogP contribution in [0.4, 0.5) is 132 Å². The van der Waals surface area contributed by atoms with E-state index >= 15 is 0 Å². The van der Waals surface area contributed by atoms with Gasteiger partial charge in [0.2, 0.25) is 11.0 Å². The summed E-state index contributed by atoms with van der Waals surface area (Å²) in [6.07, 6.45) is 24.5. The molecule has 4 fully saturated rings. The number of nitrogens with zero attached hydrogens (tertiary/aromatic N) is 5. The standard InChI is InChI=1S/C37H42N2O4.C36H32N4.5F6P/c1-39-33-8-4-2-6-31(33)35(32-7-3-5-9-34(32)39)29-10-12-30(13-11-29)38-14-15-41-16-17-42-18-19-43-36(40)37-23-26-20-27(24-37)22-28(21-26)25-37;1-2-30-4-3-29(1)25-37-17-9-33(10-18-37)35-13-21-39(22-14-35)27-31-5-7-32(8-6-31)28-40-23-15-36(16-24-40)34-11-19-38(26-30)20-12-34;5*1-7(2,3,4,5)6/h2-13,26-28H,14-25H2,1H3;1-24H,25-28H2;;;;;/q;+4;5*-1/p+1. The molecule has 20 aliphatic rings. The van der Waals surface area contributed by atoms with Gasteiger partial charge in [-0.25, -0.2) is 18.3 Å². The largest absolute Gasteiger partial charge is 0.201 e. The van der Waals surface area contributed by atoms with Gasteiger partial charge < -0.3 is 19.5 Å². The second-order valence-electron chi connectivity index (χ2n) is 28.5. The van der Waals surface area contributed by atoms with Crippen LogP contribution >= 0.6 is 39.0 Å². The molecule has 656 valence electrons. The Morgan fingerprint density at radius 1 is 0.339 bits per heavy atom. The number of fused-ring (bicyclic) bond motifs is 2. The molecule has 21 heterocycles.